The van der Waals surface area contributed by atoms with E-state index in [2.05, 4.69) is 59.5 Å². The van der Waals surface area contributed by atoms with Crippen molar-refractivity contribution < 1.29 is 19.0 Å². The lowest BCUT2D eigenvalue weighted by atomic mass is 10.00. The number of likely N-dealkylation sites (tertiary alicyclic amines) is 1. The van der Waals surface area contributed by atoms with Crippen LogP contribution in [0, 0.1) is 0 Å². The molecule has 1 saturated heterocycles. The Hall–Kier alpha value is -3.41. The summed E-state index contributed by atoms with van der Waals surface area (Å²) < 4.78 is 17.7. The fourth-order valence-electron chi connectivity index (χ4n) is 4.33. The van der Waals surface area contributed by atoms with Crippen molar-refractivity contribution in [1.29, 1.82) is 0 Å². The zero-order valence-electron chi connectivity index (χ0n) is 20.2. The number of benzene rings is 3. The van der Waals surface area contributed by atoms with Gasteiger partial charge in [0.05, 0.1) is 13.2 Å². The summed E-state index contributed by atoms with van der Waals surface area (Å²) in [4.78, 5) is 13.4. The summed E-state index contributed by atoms with van der Waals surface area (Å²) in [5.41, 5.74) is 2.96. The fourth-order valence-corrected chi connectivity index (χ4v) is 4.33. The molecule has 3 aromatic carbocycles. The predicted octanol–water partition coefficient (Wildman–Crippen LogP) is 5.71. The number of ether oxygens (including phenoxy) is 3. The van der Waals surface area contributed by atoms with E-state index in [1.165, 1.54) is 11.1 Å². The van der Waals surface area contributed by atoms with Crippen LogP contribution in [-0.4, -0.2) is 50.6 Å². The van der Waals surface area contributed by atoms with Crippen molar-refractivity contribution >= 4 is 6.29 Å². The zero-order valence-corrected chi connectivity index (χ0v) is 20.2. The monoisotopic (exact) mass is 471 g/mol. The first kappa shape index (κ1) is 24.7. The highest BCUT2D eigenvalue weighted by atomic mass is 16.5. The van der Waals surface area contributed by atoms with Crippen LogP contribution in [0.5, 0.6) is 11.5 Å². The van der Waals surface area contributed by atoms with Gasteiger partial charge in [0.25, 0.3) is 0 Å². The van der Waals surface area contributed by atoms with Crippen LogP contribution in [-0.2, 0) is 4.74 Å². The van der Waals surface area contributed by atoms with E-state index < -0.39 is 0 Å². The molecule has 182 valence electrons. The molecular formula is C30H33NO4. The van der Waals surface area contributed by atoms with Crippen LogP contribution >= 0.6 is 0 Å². The molecule has 0 aliphatic carbocycles. The van der Waals surface area contributed by atoms with Crippen molar-refractivity contribution in [3.8, 4) is 11.5 Å². The molecular weight excluding hydrogens is 438 g/mol. The molecule has 0 bridgehead atoms. The summed E-state index contributed by atoms with van der Waals surface area (Å²) in [6.45, 7) is 3.35. The van der Waals surface area contributed by atoms with Crippen LogP contribution in [0.3, 0.4) is 0 Å². The molecule has 1 heterocycles. The van der Waals surface area contributed by atoms with E-state index in [1.807, 2.05) is 18.2 Å². The lowest BCUT2D eigenvalue weighted by Crippen LogP contribution is -2.37. The molecule has 1 aliphatic rings. The molecule has 0 spiro atoms. The van der Waals surface area contributed by atoms with Crippen LogP contribution in [0.25, 0.3) is 0 Å². The Labute approximate surface area is 207 Å². The summed E-state index contributed by atoms with van der Waals surface area (Å²) in [7, 11) is 1.57. The van der Waals surface area contributed by atoms with E-state index in [0.29, 0.717) is 23.7 Å². The molecule has 1 aliphatic heterocycles. The standard InChI is InChI=1S/C30H33NO4/c1-33-29-22-24(23-32)14-15-28(29)34-21-9-8-18-31-19-16-27(17-20-31)35-30(25-10-4-2-5-11-25)26-12-6-3-7-13-26/h2-15,22-23,27,30H,16-21H2,1H3. The molecule has 0 N–H and O–H groups in total. The molecule has 5 heteroatoms. The van der Waals surface area contributed by atoms with Crippen LogP contribution in [0.4, 0.5) is 0 Å². The van der Waals surface area contributed by atoms with Gasteiger partial charge in [0.2, 0.25) is 0 Å². The maximum atomic E-state index is 10.9. The first-order chi connectivity index (χ1) is 17.3. The van der Waals surface area contributed by atoms with Crippen LogP contribution in [0.2, 0.25) is 0 Å². The minimum absolute atomic E-state index is 0.0383. The highest BCUT2D eigenvalue weighted by Gasteiger charge is 2.24. The van der Waals surface area contributed by atoms with Crippen LogP contribution < -0.4 is 9.47 Å². The number of methoxy groups -OCH3 is 1. The zero-order chi connectivity index (χ0) is 24.3. The lowest BCUT2D eigenvalue weighted by Gasteiger charge is -2.33. The molecule has 4 rings (SSSR count). The van der Waals surface area contributed by atoms with Crippen molar-refractivity contribution in [2.24, 2.45) is 0 Å². The van der Waals surface area contributed by atoms with Gasteiger partial charge in [-0.15, -0.1) is 0 Å². The van der Waals surface area contributed by atoms with Gasteiger partial charge in [0, 0.05) is 25.2 Å². The normalized spacial score (nSPS) is 14.9. The minimum Gasteiger partial charge on any atom is -0.493 e. The van der Waals surface area contributed by atoms with Gasteiger partial charge in [0.15, 0.2) is 11.5 Å². The second-order valence-electron chi connectivity index (χ2n) is 8.65. The Morgan fingerprint density at radius 3 is 2.14 bits per heavy atom. The lowest BCUT2D eigenvalue weighted by molar-refractivity contribution is -0.0254. The molecule has 35 heavy (non-hydrogen) atoms. The Morgan fingerprint density at radius 2 is 1.54 bits per heavy atom. The number of aldehydes is 1. The summed E-state index contributed by atoms with van der Waals surface area (Å²) >= 11 is 0. The Morgan fingerprint density at radius 1 is 0.886 bits per heavy atom. The van der Waals surface area contributed by atoms with E-state index in [9.17, 15) is 4.79 Å². The largest absolute Gasteiger partial charge is 0.493 e. The number of hydrogen-bond donors (Lipinski definition) is 0. The maximum Gasteiger partial charge on any atom is 0.161 e. The van der Waals surface area contributed by atoms with Gasteiger partial charge in [-0.3, -0.25) is 9.69 Å². The van der Waals surface area contributed by atoms with Gasteiger partial charge in [0.1, 0.15) is 19.0 Å². The third-order valence-electron chi connectivity index (χ3n) is 6.26. The minimum atomic E-state index is -0.0383. The van der Waals surface area contributed by atoms with Crippen molar-refractivity contribution in [1.82, 2.24) is 4.90 Å². The van der Waals surface area contributed by atoms with Crippen molar-refractivity contribution in [2.75, 3.05) is 33.4 Å². The fraction of sp³-hybridized carbons (Fsp3) is 0.300. The molecule has 3 aromatic rings. The number of carbonyl (C=O) groups is 1. The van der Waals surface area contributed by atoms with Gasteiger partial charge in [-0.2, -0.15) is 0 Å². The second kappa shape index (κ2) is 12.9. The van der Waals surface area contributed by atoms with Crippen molar-refractivity contribution in [3.05, 3.63) is 108 Å². The van der Waals surface area contributed by atoms with Gasteiger partial charge in [-0.05, 0) is 42.2 Å². The Kier molecular flexibility index (Phi) is 9.10. The van der Waals surface area contributed by atoms with E-state index in [0.717, 1.165) is 38.8 Å². The molecule has 1 fully saturated rings. The summed E-state index contributed by atoms with van der Waals surface area (Å²) in [6, 6.07) is 26.1. The Balaban J connectivity index is 1.23. The predicted molar refractivity (Wildman–Crippen MR) is 138 cm³/mol. The van der Waals surface area contributed by atoms with Gasteiger partial charge in [-0.25, -0.2) is 0 Å². The third kappa shape index (κ3) is 7.04. The quantitative estimate of drug-likeness (QED) is 0.265. The second-order valence-corrected chi connectivity index (χ2v) is 8.65. The van der Waals surface area contributed by atoms with Gasteiger partial charge < -0.3 is 14.2 Å². The first-order valence-corrected chi connectivity index (χ1v) is 12.2. The topological polar surface area (TPSA) is 48.0 Å². The first-order valence-electron chi connectivity index (χ1n) is 12.2. The highest BCUT2D eigenvalue weighted by Crippen LogP contribution is 2.30. The smallest absolute Gasteiger partial charge is 0.161 e. The van der Waals surface area contributed by atoms with Gasteiger partial charge >= 0.3 is 0 Å². The number of hydrogen-bond acceptors (Lipinski definition) is 5. The number of piperidine rings is 1. The molecule has 0 aromatic heterocycles. The van der Waals surface area contributed by atoms with Crippen LogP contribution in [0.1, 0.15) is 40.4 Å². The Bertz CT molecular complexity index is 1040. The molecule has 0 amide bonds. The average molecular weight is 472 g/mol. The van der Waals surface area contributed by atoms with Crippen LogP contribution in [0.15, 0.2) is 91.0 Å². The van der Waals surface area contributed by atoms with Gasteiger partial charge in [-0.1, -0.05) is 72.8 Å². The molecule has 0 saturated carbocycles. The van der Waals surface area contributed by atoms with Crippen molar-refractivity contribution in [2.45, 2.75) is 25.0 Å². The van der Waals surface area contributed by atoms with E-state index in [-0.39, 0.29) is 12.2 Å². The van der Waals surface area contributed by atoms with E-state index >= 15 is 0 Å². The summed E-state index contributed by atoms with van der Waals surface area (Å²) in [5, 5.41) is 0. The number of nitrogens with zero attached hydrogens (tertiary/aromatic N) is 1. The van der Waals surface area contributed by atoms with E-state index in [1.54, 1.807) is 25.3 Å². The summed E-state index contributed by atoms with van der Waals surface area (Å²) in [5.74, 6) is 1.20. The maximum absolute atomic E-state index is 10.9. The molecule has 0 atom stereocenters. The SMILES string of the molecule is COc1cc(C=O)ccc1OCC=CCN1CCC(OC(c2ccccc2)c2ccccc2)CC1. The molecule has 0 radical (unpaired) electrons. The molecule has 0 unspecified atom stereocenters. The summed E-state index contributed by atoms with van der Waals surface area (Å²) in [6.07, 6.45) is 7.20. The van der Waals surface area contributed by atoms with Crippen molar-refractivity contribution in [3.63, 3.8) is 0 Å². The third-order valence-corrected chi connectivity index (χ3v) is 6.26. The van der Waals surface area contributed by atoms with E-state index in [4.69, 9.17) is 14.2 Å². The number of rotatable bonds is 11. The highest BCUT2D eigenvalue weighted by molar-refractivity contribution is 5.76. The number of carbonyl (C=O) groups excluding carboxylic acids is 1. The molecule has 5 nitrogen and oxygen atoms in total. The average Bonchev–Trinajstić information content (AvgIpc) is 2.93.